The Morgan fingerprint density at radius 3 is 2.47 bits per heavy atom. The number of likely N-dealkylation sites (N-methyl/N-ethyl adjacent to an activating group) is 1. The summed E-state index contributed by atoms with van der Waals surface area (Å²) in [6.45, 7) is 5.69. The van der Waals surface area contributed by atoms with Crippen molar-refractivity contribution in [1.29, 1.82) is 0 Å². The molecule has 0 spiro atoms. The molecule has 0 saturated carbocycles. The van der Waals surface area contributed by atoms with Crippen molar-refractivity contribution in [1.82, 2.24) is 19.6 Å². The zero-order valence-corrected chi connectivity index (χ0v) is 21.7. The third-order valence-corrected chi connectivity index (χ3v) is 7.23. The number of aromatic nitrogens is 2. The standard InChI is InChI=1S/C31H34F2N4O/c1-2-35(20-27(38)17-23-9-5-3-6-10-23)22-30-28-21-36(19-24-18-25(32)13-14-29(24)33)16-15-31(28)37(34-30)26-11-7-4-8-12-26/h3-14,18,27,38H,2,15-17,19-22H2,1H3/t27-/m1/s1. The van der Waals surface area contributed by atoms with Crippen molar-refractivity contribution in [2.45, 2.75) is 45.5 Å². The van der Waals surface area contributed by atoms with E-state index in [0.717, 1.165) is 53.8 Å². The highest BCUT2D eigenvalue weighted by molar-refractivity contribution is 5.39. The molecule has 0 bridgehead atoms. The van der Waals surface area contributed by atoms with E-state index in [4.69, 9.17) is 5.10 Å². The van der Waals surface area contributed by atoms with Crippen molar-refractivity contribution in [3.8, 4) is 5.69 Å². The van der Waals surface area contributed by atoms with Crippen LogP contribution in [0.1, 0.15) is 35.0 Å². The van der Waals surface area contributed by atoms with Crippen LogP contribution in [0.5, 0.6) is 0 Å². The molecule has 7 heteroatoms. The Morgan fingerprint density at radius 1 is 1.00 bits per heavy atom. The maximum absolute atomic E-state index is 14.4. The first kappa shape index (κ1) is 26.2. The molecule has 198 valence electrons. The first-order valence-corrected chi connectivity index (χ1v) is 13.3. The molecule has 0 radical (unpaired) electrons. The SMILES string of the molecule is CCN(Cc1nn(-c2ccccc2)c2c1CN(Cc1cc(F)ccc1F)CC2)C[C@H](O)Cc1ccccc1. The van der Waals surface area contributed by atoms with Gasteiger partial charge >= 0.3 is 0 Å². The van der Waals surface area contributed by atoms with Gasteiger partial charge in [0.1, 0.15) is 11.6 Å². The summed E-state index contributed by atoms with van der Waals surface area (Å²) in [7, 11) is 0. The summed E-state index contributed by atoms with van der Waals surface area (Å²) < 4.78 is 30.2. The zero-order chi connectivity index (χ0) is 26.5. The lowest BCUT2D eigenvalue weighted by Crippen LogP contribution is -2.34. The van der Waals surface area contributed by atoms with Crippen LogP contribution in [-0.4, -0.2) is 50.4 Å². The summed E-state index contributed by atoms with van der Waals surface area (Å²) in [6, 6.07) is 23.8. The van der Waals surface area contributed by atoms with Crippen LogP contribution in [0, 0.1) is 11.6 Å². The molecule has 1 N–H and O–H groups in total. The summed E-state index contributed by atoms with van der Waals surface area (Å²) in [4.78, 5) is 4.37. The van der Waals surface area contributed by atoms with E-state index in [1.54, 1.807) is 0 Å². The minimum Gasteiger partial charge on any atom is -0.391 e. The minimum atomic E-state index is -0.489. The monoisotopic (exact) mass is 516 g/mol. The second-order valence-electron chi connectivity index (χ2n) is 9.99. The van der Waals surface area contributed by atoms with E-state index in [1.165, 1.54) is 12.1 Å². The average Bonchev–Trinajstić information content (AvgIpc) is 3.29. The normalized spacial score (nSPS) is 14.6. The predicted octanol–water partition coefficient (Wildman–Crippen LogP) is 5.13. The predicted molar refractivity (Wildman–Crippen MR) is 145 cm³/mol. The zero-order valence-electron chi connectivity index (χ0n) is 21.7. The van der Waals surface area contributed by atoms with Gasteiger partial charge in [0, 0.05) is 50.3 Å². The topological polar surface area (TPSA) is 44.5 Å². The number of hydrogen-bond acceptors (Lipinski definition) is 4. The lowest BCUT2D eigenvalue weighted by atomic mass is 10.0. The van der Waals surface area contributed by atoms with E-state index in [0.29, 0.717) is 38.2 Å². The Labute approximate surface area is 222 Å². The van der Waals surface area contributed by atoms with Gasteiger partial charge in [0.2, 0.25) is 0 Å². The number of aliphatic hydroxyl groups excluding tert-OH is 1. The molecule has 1 atom stereocenters. The Bertz CT molecular complexity index is 1340. The highest BCUT2D eigenvalue weighted by Gasteiger charge is 2.27. The van der Waals surface area contributed by atoms with Gasteiger partial charge in [-0.2, -0.15) is 5.10 Å². The lowest BCUT2D eigenvalue weighted by Gasteiger charge is -2.29. The summed E-state index contributed by atoms with van der Waals surface area (Å²) >= 11 is 0. The average molecular weight is 517 g/mol. The lowest BCUT2D eigenvalue weighted by molar-refractivity contribution is 0.110. The minimum absolute atomic E-state index is 0.340. The Morgan fingerprint density at radius 2 is 1.74 bits per heavy atom. The smallest absolute Gasteiger partial charge is 0.127 e. The number of rotatable bonds is 10. The molecule has 0 aliphatic carbocycles. The number of nitrogens with zero attached hydrogens (tertiary/aromatic N) is 4. The molecule has 2 heterocycles. The molecule has 0 unspecified atom stereocenters. The van der Waals surface area contributed by atoms with Crippen molar-refractivity contribution in [2.75, 3.05) is 19.6 Å². The van der Waals surface area contributed by atoms with Gasteiger partial charge in [0.05, 0.1) is 23.2 Å². The first-order valence-electron chi connectivity index (χ1n) is 13.3. The second-order valence-corrected chi connectivity index (χ2v) is 9.99. The van der Waals surface area contributed by atoms with Crippen LogP contribution in [0.3, 0.4) is 0 Å². The van der Waals surface area contributed by atoms with E-state index in [2.05, 4.69) is 16.7 Å². The number of aliphatic hydroxyl groups is 1. The van der Waals surface area contributed by atoms with Crippen LogP contribution in [0.2, 0.25) is 0 Å². The Hall–Kier alpha value is -3.39. The highest BCUT2D eigenvalue weighted by Crippen LogP contribution is 2.28. The molecular weight excluding hydrogens is 482 g/mol. The maximum atomic E-state index is 14.4. The summed E-state index contributed by atoms with van der Waals surface area (Å²) in [5.74, 6) is -0.814. The van der Waals surface area contributed by atoms with Crippen molar-refractivity contribution in [2.24, 2.45) is 0 Å². The van der Waals surface area contributed by atoms with Crippen LogP contribution >= 0.6 is 0 Å². The molecule has 0 amide bonds. The molecule has 3 aromatic carbocycles. The van der Waals surface area contributed by atoms with E-state index >= 15 is 0 Å². The fourth-order valence-corrected chi connectivity index (χ4v) is 5.26. The molecule has 5 rings (SSSR count). The van der Waals surface area contributed by atoms with Crippen molar-refractivity contribution >= 4 is 0 Å². The number of benzene rings is 3. The van der Waals surface area contributed by atoms with Crippen LogP contribution < -0.4 is 0 Å². The van der Waals surface area contributed by atoms with Gasteiger partial charge < -0.3 is 5.11 Å². The van der Waals surface area contributed by atoms with Crippen LogP contribution in [0.4, 0.5) is 8.78 Å². The fraction of sp³-hybridized carbons (Fsp3) is 0.323. The van der Waals surface area contributed by atoms with Crippen LogP contribution in [0.15, 0.2) is 78.9 Å². The quantitative estimate of drug-likeness (QED) is 0.317. The second kappa shape index (κ2) is 12.0. The van der Waals surface area contributed by atoms with Gasteiger partial charge in [-0.25, -0.2) is 13.5 Å². The molecule has 1 aliphatic heterocycles. The molecule has 5 nitrogen and oxygen atoms in total. The van der Waals surface area contributed by atoms with E-state index in [-0.39, 0.29) is 5.82 Å². The van der Waals surface area contributed by atoms with Crippen LogP contribution in [0.25, 0.3) is 5.69 Å². The number of fused-ring (bicyclic) bond motifs is 1. The largest absolute Gasteiger partial charge is 0.391 e. The van der Waals surface area contributed by atoms with Crippen LogP contribution in [-0.2, 0) is 32.5 Å². The van der Waals surface area contributed by atoms with Gasteiger partial charge in [0.25, 0.3) is 0 Å². The maximum Gasteiger partial charge on any atom is 0.127 e. The fourth-order valence-electron chi connectivity index (χ4n) is 5.26. The highest BCUT2D eigenvalue weighted by atomic mass is 19.1. The third kappa shape index (κ3) is 6.18. The Balaban J connectivity index is 1.38. The molecular formula is C31H34F2N4O. The molecule has 1 aliphatic rings. The number of hydrogen-bond donors (Lipinski definition) is 1. The molecule has 38 heavy (non-hydrogen) atoms. The van der Waals surface area contributed by atoms with Gasteiger partial charge in [-0.1, -0.05) is 55.5 Å². The third-order valence-electron chi connectivity index (χ3n) is 7.23. The molecule has 0 saturated heterocycles. The van der Waals surface area contributed by atoms with Gasteiger partial charge in [0.15, 0.2) is 0 Å². The van der Waals surface area contributed by atoms with E-state index in [1.807, 2.05) is 65.3 Å². The van der Waals surface area contributed by atoms with E-state index in [9.17, 15) is 13.9 Å². The summed E-state index contributed by atoms with van der Waals surface area (Å²) in [5, 5.41) is 15.9. The Kier molecular flexibility index (Phi) is 8.27. The first-order chi connectivity index (χ1) is 18.5. The number of halogens is 2. The summed E-state index contributed by atoms with van der Waals surface area (Å²) in [5.41, 5.74) is 5.73. The van der Waals surface area contributed by atoms with Crippen molar-refractivity contribution in [3.05, 3.63) is 119 Å². The molecule has 0 fully saturated rings. The van der Waals surface area contributed by atoms with Gasteiger partial charge in [-0.05, 0) is 48.9 Å². The van der Waals surface area contributed by atoms with Gasteiger partial charge in [-0.3, -0.25) is 9.80 Å². The van der Waals surface area contributed by atoms with Gasteiger partial charge in [-0.15, -0.1) is 0 Å². The number of para-hydroxylation sites is 1. The van der Waals surface area contributed by atoms with E-state index < -0.39 is 11.9 Å². The molecule has 4 aromatic rings. The van der Waals surface area contributed by atoms with Crippen molar-refractivity contribution in [3.63, 3.8) is 0 Å². The van der Waals surface area contributed by atoms with Crippen molar-refractivity contribution < 1.29 is 13.9 Å². The molecule has 1 aromatic heterocycles. The summed E-state index contributed by atoms with van der Waals surface area (Å²) in [6.07, 6.45) is 0.870.